The lowest BCUT2D eigenvalue weighted by molar-refractivity contribution is -0.118. The van der Waals surface area contributed by atoms with Crippen LogP contribution in [0.5, 0.6) is 0 Å². The lowest BCUT2D eigenvalue weighted by Crippen LogP contribution is -2.05. The minimum Gasteiger partial charge on any atom is -0.299 e. The van der Waals surface area contributed by atoms with Gasteiger partial charge in [0.05, 0.1) is 0 Å². The fourth-order valence-electron chi connectivity index (χ4n) is 1.93. The van der Waals surface area contributed by atoms with Crippen molar-refractivity contribution in [3.05, 3.63) is 32.4 Å². The highest BCUT2D eigenvalue weighted by atomic mass is 127. The zero-order valence-corrected chi connectivity index (χ0v) is 10.5. The lowest BCUT2D eigenvalue weighted by Gasteiger charge is -2.10. The van der Waals surface area contributed by atoms with E-state index in [-0.39, 0.29) is 5.92 Å². The number of carbonyl (C=O) groups excluding carboxylic acids is 1. The largest absolute Gasteiger partial charge is 0.299 e. The van der Waals surface area contributed by atoms with E-state index in [0.717, 1.165) is 33.4 Å². The molecule has 0 bridgehead atoms. The summed E-state index contributed by atoms with van der Waals surface area (Å²) >= 11 is 8.19. The Balaban J connectivity index is 2.39. The van der Waals surface area contributed by atoms with Crippen LogP contribution in [0.2, 0.25) is 5.02 Å². The number of halogens is 2. The Kier molecular flexibility index (Phi) is 3.12. The molecular weight excluding hydrogens is 310 g/mol. The van der Waals surface area contributed by atoms with Crippen LogP contribution < -0.4 is 0 Å². The Hall–Kier alpha value is -0.0900. The first-order chi connectivity index (χ1) is 6.68. The van der Waals surface area contributed by atoms with Crippen molar-refractivity contribution in [2.75, 3.05) is 0 Å². The van der Waals surface area contributed by atoms with Gasteiger partial charge in [-0.1, -0.05) is 11.6 Å². The van der Waals surface area contributed by atoms with Crippen molar-refractivity contribution in [3.8, 4) is 0 Å². The highest BCUT2D eigenvalue weighted by Gasteiger charge is 2.27. The number of rotatable bonds is 1. The molecule has 1 aliphatic rings. The summed E-state index contributed by atoms with van der Waals surface area (Å²) in [6.45, 7) is 0. The van der Waals surface area contributed by atoms with Crippen LogP contribution in [-0.2, 0) is 4.79 Å². The van der Waals surface area contributed by atoms with Crippen LogP contribution in [-0.4, -0.2) is 5.78 Å². The number of benzene rings is 1. The molecule has 1 fully saturated rings. The maximum atomic E-state index is 11.6. The molecule has 0 saturated heterocycles. The summed E-state index contributed by atoms with van der Waals surface area (Å²) in [7, 11) is 0. The molecule has 0 spiro atoms. The third-order valence-electron chi connectivity index (χ3n) is 2.64. The van der Waals surface area contributed by atoms with Crippen molar-refractivity contribution in [2.24, 2.45) is 0 Å². The van der Waals surface area contributed by atoms with Gasteiger partial charge in [-0.3, -0.25) is 4.79 Å². The molecule has 74 valence electrons. The Morgan fingerprint density at radius 2 is 2.21 bits per heavy atom. The highest BCUT2D eigenvalue weighted by molar-refractivity contribution is 14.1. The third kappa shape index (κ3) is 1.96. The lowest BCUT2D eigenvalue weighted by atomic mass is 9.97. The molecule has 0 aromatic heterocycles. The summed E-state index contributed by atoms with van der Waals surface area (Å²) in [6, 6.07) is 5.77. The van der Waals surface area contributed by atoms with Crippen molar-refractivity contribution in [2.45, 2.75) is 25.2 Å². The van der Waals surface area contributed by atoms with E-state index >= 15 is 0 Å². The average molecular weight is 321 g/mol. The summed E-state index contributed by atoms with van der Waals surface area (Å²) in [5.41, 5.74) is 1.11. The predicted molar refractivity (Wildman–Crippen MR) is 65.8 cm³/mol. The van der Waals surface area contributed by atoms with E-state index in [1.165, 1.54) is 0 Å². The number of carbonyl (C=O) groups is 1. The van der Waals surface area contributed by atoms with Crippen molar-refractivity contribution in [1.82, 2.24) is 0 Å². The van der Waals surface area contributed by atoms with Crippen LogP contribution in [0.4, 0.5) is 0 Å². The van der Waals surface area contributed by atoms with Gasteiger partial charge in [0, 0.05) is 20.9 Å². The van der Waals surface area contributed by atoms with Gasteiger partial charge in [0.15, 0.2) is 0 Å². The Labute approximate surface area is 102 Å². The van der Waals surface area contributed by atoms with E-state index in [2.05, 4.69) is 22.6 Å². The molecule has 1 aromatic carbocycles. The van der Waals surface area contributed by atoms with E-state index in [0.29, 0.717) is 5.78 Å². The van der Waals surface area contributed by atoms with Crippen LogP contribution in [0.3, 0.4) is 0 Å². The zero-order chi connectivity index (χ0) is 10.1. The van der Waals surface area contributed by atoms with Crippen LogP contribution >= 0.6 is 34.2 Å². The molecule has 1 atom stereocenters. The van der Waals surface area contributed by atoms with Gasteiger partial charge in [-0.2, -0.15) is 0 Å². The molecule has 0 heterocycles. The molecule has 0 amide bonds. The molecule has 2 rings (SSSR count). The van der Waals surface area contributed by atoms with Gasteiger partial charge in [-0.15, -0.1) is 0 Å². The molecule has 1 nitrogen and oxygen atoms in total. The van der Waals surface area contributed by atoms with Crippen LogP contribution in [0.1, 0.15) is 30.7 Å². The average Bonchev–Trinajstić information content (AvgIpc) is 2.56. The Bertz CT molecular complexity index is 376. The number of hydrogen-bond acceptors (Lipinski definition) is 1. The molecule has 1 unspecified atom stereocenters. The molecule has 1 aliphatic carbocycles. The molecule has 3 heteroatoms. The summed E-state index contributed by atoms with van der Waals surface area (Å²) in [5.74, 6) is 0.464. The molecule has 0 N–H and O–H groups in total. The van der Waals surface area contributed by atoms with Gasteiger partial charge in [-0.05, 0) is 59.2 Å². The maximum absolute atomic E-state index is 11.6. The number of ketones is 1. The molecule has 0 radical (unpaired) electrons. The highest BCUT2D eigenvalue weighted by Crippen LogP contribution is 2.34. The van der Waals surface area contributed by atoms with Gasteiger partial charge in [-0.25, -0.2) is 0 Å². The molecule has 0 aliphatic heterocycles. The van der Waals surface area contributed by atoms with Gasteiger partial charge in [0.2, 0.25) is 0 Å². The predicted octanol–water partition coefficient (Wildman–Crippen LogP) is 3.78. The van der Waals surface area contributed by atoms with E-state index in [9.17, 15) is 4.79 Å². The van der Waals surface area contributed by atoms with Gasteiger partial charge >= 0.3 is 0 Å². The quantitative estimate of drug-likeness (QED) is 0.720. The first-order valence-corrected chi connectivity index (χ1v) is 6.12. The SMILES string of the molecule is O=C1CCCC1c1cc(Cl)ccc1I. The summed E-state index contributed by atoms with van der Waals surface area (Å²) < 4.78 is 1.15. The maximum Gasteiger partial charge on any atom is 0.140 e. The van der Waals surface area contributed by atoms with Gasteiger partial charge < -0.3 is 0 Å². The fraction of sp³-hybridized carbons (Fsp3) is 0.364. The number of hydrogen-bond donors (Lipinski definition) is 0. The minimum atomic E-state index is 0.0978. The number of Topliss-reactive ketones (excluding diaryl/α,β-unsaturated/α-hetero) is 1. The second-order valence-corrected chi connectivity index (χ2v) is 5.18. The first-order valence-electron chi connectivity index (χ1n) is 4.66. The van der Waals surface area contributed by atoms with E-state index < -0.39 is 0 Å². The third-order valence-corrected chi connectivity index (χ3v) is 3.86. The zero-order valence-electron chi connectivity index (χ0n) is 7.59. The second kappa shape index (κ2) is 4.19. The van der Waals surface area contributed by atoms with E-state index in [4.69, 9.17) is 11.6 Å². The molecule has 1 saturated carbocycles. The van der Waals surface area contributed by atoms with Crippen LogP contribution in [0.25, 0.3) is 0 Å². The van der Waals surface area contributed by atoms with Crippen LogP contribution in [0, 0.1) is 3.57 Å². The van der Waals surface area contributed by atoms with Crippen molar-refractivity contribution >= 4 is 40.0 Å². The molecule has 14 heavy (non-hydrogen) atoms. The summed E-state index contributed by atoms with van der Waals surface area (Å²) in [5, 5.41) is 0.722. The standard InChI is InChI=1S/C11H10ClIO/c12-7-4-5-10(13)9(6-7)8-2-1-3-11(8)14/h4-6,8H,1-3H2. The van der Waals surface area contributed by atoms with Crippen molar-refractivity contribution < 1.29 is 4.79 Å². The molecular formula is C11H10ClIO. The smallest absolute Gasteiger partial charge is 0.140 e. The van der Waals surface area contributed by atoms with Gasteiger partial charge in [0.25, 0.3) is 0 Å². The topological polar surface area (TPSA) is 17.1 Å². The normalized spacial score (nSPS) is 21.6. The fourth-order valence-corrected chi connectivity index (χ4v) is 2.82. The monoisotopic (exact) mass is 320 g/mol. The van der Waals surface area contributed by atoms with Gasteiger partial charge in [0.1, 0.15) is 5.78 Å². The second-order valence-electron chi connectivity index (χ2n) is 3.58. The summed E-state index contributed by atoms with van der Waals surface area (Å²) in [4.78, 5) is 11.6. The van der Waals surface area contributed by atoms with Crippen molar-refractivity contribution in [3.63, 3.8) is 0 Å². The minimum absolute atomic E-state index is 0.0978. The Morgan fingerprint density at radius 3 is 2.86 bits per heavy atom. The molecule has 1 aromatic rings. The first kappa shape index (κ1) is 10.4. The van der Waals surface area contributed by atoms with E-state index in [1.807, 2.05) is 18.2 Å². The van der Waals surface area contributed by atoms with Crippen molar-refractivity contribution in [1.29, 1.82) is 0 Å². The Morgan fingerprint density at radius 1 is 1.43 bits per heavy atom. The summed E-state index contributed by atoms with van der Waals surface area (Å²) in [6.07, 6.45) is 2.73. The van der Waals surface area contributed by atoms with Crippen LogP contribution in [0.15, 0.2) is 18.2 Å². The van der Waals surface area contributed by atoms with E-state index in [1.54, 1.807) is 0 Å².